The zero-order valence-electron chi connectivity index (χ0n) is 19.0. The van der Waals surface area contributed by atoms with Crippen LogP contribution in [0.4, 0.5) is 0 Å². The smallest absolute Gasteiger partial charge is 0.0288 e. The average molecular weight is 359 g/mol. The molecule has 1 atom stereocenters. The molecule has 0 heterocycles. The Hall–Kier alpha value is -1.04. The van der Waals surface area contributed by atoms with Crippen LogP contribution < -0.4 is 0 Å². The van der Waals surface area contributed by atoms with Crippen LogP contribution in [0.1, 0.15) is 113 Å². The second-order valence-electron chi connectivity index (χ2n) is 8.49. The predicted molar refractivity (Wildman–Crippen MR) is 122 cm³/mol. The maximum Gasteiger partial charge on any atom is -0.0288 e. The van der Waals surface area contributed by atoms with E-state index in [0.717, 1.165) is 12.3 Å². The van der Waals surface area contributed by atoms with Gasteiger partial charge in [-0.05, 0) is 98.3 Å². The van der Waals surface area contributed by atoms with Crippen molar-refractivity contribution in [3.05, 3.63) is 46.6 Å². The van der Waals surface area contributed by atoms with Gasteiger partial charge in [-0.15, -0.1) is 0 Å². The molecule has 0 aromatic carbocycles. The van der Waals surface area contributed by atoms with E-state index < -0.39 is 0 Å². The molecule has 26 heavy (non-hydrogen) atoms. The molecule has 0 aliphatic carbocycles. The molecule has 0 aromatic rings. The maximum atomic E-state index is 2.47. The molecule has 0 radical (unpaired) electrons. The summed E-state index contributed by atoms with van der Waals surface area (Å²) < 4.78 is 0. The van der Waals surface area contributed by atoms with Gasteiger partial charge in [0.1, 0.15) is 0 Å². The van der Waals surface area contributed by atoms with Gasteiger partial charge in [0.2, 0.25) is 0 Å². The second-order valence-corrected chi connectivity index (χ2v) is 8.49. The van der Waals surface area contributed by atoms with E-state index in [9.17, 15) is 0 Å². The minimum absolute atomic E-state index is 0.855. The van der Waals surface area contributed by atoms with Gasteiger partial charge >= 0.3 is 0 Å². The van der Waals surface area contributed by atoms with E-state index in [-0.39, 0.29) is 0 Å². The molecule has 0 nitrogen and oxygen atoms in total. The molecule has 0 aromatic heterocycles. The third-order valence-corrected chi connectivity index (χ3v) is 5.10. The van der Waals surface area contributed by atoms with Gasteiger partial charge in [-0.1, -0.05) is 66.9 Å². The van der Waals surface area contributed by atoms with Crippen LogP contribution in [0.15, 0.2) is 46.6 Å². The van der Waals surface area contributed by atoms with Gasteiger partial charge in [0, 0.05) is 0 Å². The second kappa shape index (κ2) is 16.2. The molecule has 0 heteroatoms. The summed E-state index contributed by atoms with van der Waals surface area (Å²) in [5.41, 5.74) is 6.11. The Morgan fingerprint density at radius 1 is 0.654 bits per heavy atom. The van der Waals surface area contributed by atoms with Crippen LogP contribution in [0.5, 0.6) is 0 Å². The van der Waals surface area contributed by atoms with Crippen molar-refractivity contribution in [2.45, 2.75) is 113 Å². The maximum absolute atomic E-state index is 2.47. The Morgan fingerprint density at radius 3 is 1.73 bits per heavy atom. The van der Waals surface area contributed by atoms with Crippen LogP contribution in [0.25, 0.3) is 0 Å². The summed E-state index contributed by atoms with van der Waals surface area (Å²) in [5, 5.41) is 0. The van der Waals surface area contributed by atoms with Gasteiger partial charge < -0.3 is 0 Å². The molecule has 0 aliphatic rings. The molecule has 0 bridgehead atoms. The summed E-state index contributed by atoms with van der Waals surface area (Å²) in [6.45, 7) is 15.9. The lowest BCUT2D eigenvalue weighted by molar-refractivity contribution is 0.478. The van der Waals surface area contributed by atoms with Crippen LogP contribution in [0, 0.1) is 5.92 Å². The molecular formula is C26H46. The summed E-state index contributed by atoms with van der Waals surface area (Å²) in [6, 6.07) is 0. The summed E-state index contributed by atoms with van der Waals surface area (Å²) in [7, 11) is 0. The summed E-state index contributed by atoms with van der Waals surface area (Å²) >= 11 is 0. The van der Waals surface area contributed by atoms with Crippen molar-refractivity contribution in [3.63, 3.8) is 0 Å². The highest BCUT2D eigenvalue weighted by molar-refractivity contribution is 5.06. The number of allylic oxidation sites excluding steroid dienone is 8. The van der Waals surface area contributed by atoms with Gasteiger partial charge in [-0.3, -0.25) is 0 Å². The van der Waals surface area contributed by atoms with E-state index in [0.29, 0.717) is 0 Å². The molecule has 150 valence electrons. The summed E-state index contributed by atoms with van der Waals surface area (Å²) in [5.74, 6) is 0.855. The van der Waals surface area contributed by atoms with E-state index in [1.54, 1.807) is 11.1 Å². The van der Waals surface area contributed by atoms with Gasteiger partial charge in [0.05, 0.1) is 0 Å². The minimum atomic E-state index is 0.855. The first-order valence-electron chi connectivity index (χ1n) is 10.9. The first kappa shape index (κ1) is 25.0. The van der Waals surface area contributed by atoms with E-state index >= 15 is 0 Å². The highest BCUT2D eigenvalue weighted by Crippen LogP contribution is 2.18. The molecular weight excluding hydrogens is 312 g/mol. The highest BCUT2D eigenvalue weighted by Gasteiger charge is 2.01. The largest absolute Gasteiger partial charge is 0.0859 e. The monoisotopic (exact) mass is 358 g/mol. The molecule has 0 rings (SSSR count). The Labute approximate surface area is 165 Å². The minimum Gasteiger partial charge on any atom is -0.0859 e. The van der Waals surface area contributed by atoms with Crippen molar-refractivity contribution in [2.24, 2.45) is 5.92 Å². The zero-order valence-corrected chi connectivity index (χ0v) is 19.0. The number of hydrogen-bond acceptors (Lipinski definition) is 0. The van der Waals surface area contributed by atoms with Crippen molar-refractivity contribution in [3.8, 4) is 0 Å². The first-order chi connectivity index (χ1) is 12.3. The Kier molecular flexibility index (Phi) is 15.5. The van der Waals surface area contributed by atoms with Gasteiger partial charge in [0.15, 0.2) is 0 Å². The first-order valence-corrected chi connectivity index (χ1v) is 10.9. The van der Waals surface area contributed by atoms with Gasteiger partial charge in [0.25, 0.3) is 0 Å². The van der Waals surface area contributed by atoms with Crippen molar-refractivity contribution < 1.29 is 0 Å². The SMILES string of the molecule is CCC=C(C)CCC=C(C)CCC=C(C)CCCC(C)CCC=C(C)C. The molecule has 0 N–H and O–H groups in total. The normalized spacial score (nSPS) is 14.5. The summed E-state index contributed by atoms with van der Waals surface area (Å²) in [4.78, 5) is 0. The van der Waals surface area contributed by atoms with Gasteiger partial charge in [-0.2, -0.15) is 0 Å². The fourth-order valence-corrected chi connectivity index (χ4v) is 3.28. The predicted octanol–water partition coefficient (Wildman–Crippen LogP) is 9.35. The van der Waals surface area contributed by atoms with E-state index in [1.807, 2.05) is 0 Å². The fraction of sp³-hybridized carbons (Fsp3) is 0.692. The summed E-state index contributed by atoms with van der Waals surface area (Å²) in [6.07, 6.45) is 22.2. The third kappa shape index (κ3) is 16.4. The van der Waals surface area contributed by atoms with E-state index in [1.165, 1.54) is 68.9 Å². The lowest BCUT2D eigenvalue weighted by Crippen LogP contribution is -1.94. The van der Waals surface area contributed by atoms with Crippen LogP contribution in [-0.2, 0) is 0 Å². The van der Waals surface area contributed by atoms with Crippen molar-refractivity contribution in [1.29, 1.82) is 0 Å². The lowest BCUT2D eigenvalue weighted by Gasteiger charge is -2.10. The Morgan fingerprint density at radius 2 is 1.19 bits per heavy atom. The zero-order chi connectivity index (χ0) is 19.8. The van der Waals surface area contributed by atoms with Gasteiger partial charge in [-0.25, -0.2) is 0 Å². The Bertz CT molecular complexity index is 466. The van der Waals surface area contributed by atoms with Crippen LogP contribution in [-0.4, -0.2) is 0 Å². The molecule has 0 amide bonds. The average Bonchev–Trinajstić information content (AvgIpc) is 2.54. The molecule has 0 saturated carbocycles. The van der Waals surface area contributed by atoms with E-state index in [4.69, 9.17) is 0 Å². The third-order valence-electron chi connectivity index (χ3n) is 5.10. The molecule has 1 unspecified atom stereocenters. The molecule has 0 saturated heterocycles. The number of rotatable bonds is 14. The van der Waals surface area contributed by atoms with Crippen molar-refractivity contribution in [1.82, 2.24) is 0 Å². The highest BCUT2D eigenvalue weighted by atomic mass is 14.1. The lowest BCUT2D eigenvalue weighted by atomic mass is 9.96. The topological polar surface area (TPSA) is 0 Å². The standard InChI is InChI=1S/C26H46/c1-8-13-23(4)16-10-17-25(6)20-12-21-26(7)19-11-18-24(5)15-9-14-22(2)3/h13-14,17,21,24H,8-12,15-16,18-20H2,1-7H3. The molecule has 0 aliphatic heterocycles. The van der Waals surface area contributed by atoms with Crippen molar-refractivity contribution in [2.75, 3.05) is 0 Å². The fourth-order valence-electron chi connectivity index (χ4n) is 3.28. The van der Waals surface area contributed by atoms with Crippen LogP contribution in [0.2, 0.25) is 0 Å². The Balaban J connectivity index is 3.89. The number of hydrogen-bond donors (Lipinski definition) is 0. The molecule has 0 fully saturated rings. The van der Waals surface area contributed by atoms with Crippen LogP contribution >= 0.6 is 0 Å². The van der Waals surface area contributed by atoms with Crippen molar-refractivity contribution >= 4 is 0 Å². The molecule has 0 spiro atoms. The van der Waals surface area contributed by atoms with E-state index in [2.05, 4.69) is 72.8 Å². The quantitative estimate of drug-likeness (QED) is 0.271. The van der Waals surface area contributed by atoms with Crippen LogP contribution in [0.3, 0.4) is 0 Å².